The number of hydrogen-bond donors (Lipinski definition) is 1. The molecule has 26 heavy (non-hydrogen) atoms. The lowest BCUT2D eigenvalue weighted by Crippen LogP contribution is -2.35. The van der Waals surface area contributed by atoms with Crippen LogP contribution in [-0.4, -0.2) is 22.4 Å². The van der Waals surface area contributed by atoms with Crippen LogP contribution in [0.5, 0.6) is 0 Å². The van der Waals surface area contributed by atoms with E-state index in [2.05, 4.69) is 10.3 Å². The summed E-state index contributed by atoms with van der Waals surface area (Å²) >= 11 is 0. The Labute approximate surface area is 150 Å². The topological polar surface area (TPSA) is 102 Å². The van der Waals surface area contributed by atoms with Crippen molar-refractivity contribution in [3.63, 3.8) is 0 Å². The molecule has 1 aromatic carbocycles. The van der Waals surface area contributed by atoms with Gasteiger partial charge in [0.1, 0.15) is 0 Å². The van der Waals surface area contributed by atoms with Gasteiger partial charge < -0.3 is 5.32 Å². The second-order valence-electron chi connectivity index (χ2n) is 6.30. The summed E-state index contributed by atoms with van der Waals surface area (Å²) in [6.45, 7) is 5.28. The van der Waals surface area contributed by atoms with Gasteiger partial charge in [-0.3, -0.25) is 19.7 Å². The molecule has 3 rings (SSSR count). The predicted molar refractivity (Wildman–Crippen MR) is 96.8 cm³/mol. The molecule has 0 radical (unpaired) electrons. The van der Waals surface area contributed by atoms with Crippen LogP contribution in [0.15, 0.2) is 58.3 Å². The quantitative estimate of drug-likeness (QED) is 0.653. The van der Waals surface area contributed by atoms with Crippen LogP contribution in [0.25, 0.3) is 0 Å². The first-order valence-corrected chi connectivity index (χ1v) is 8.04. The van der Waals surface area contributed by atoms with Crippen LogP contribution >= 0.6 is 0 Å². The van der Waals surface area contributed by atoms with Crippen LogP contribution in [-0.2, 0) is 4.79 Å². The summed E-state index contributed by atoms with van der Waals surface area (Å²) in [5, 5.41) is 13.8. The minimum Gasteiger partial charge on any atom is -0.325 e. The van der Waals surface area contributed by atoms with E-state index in [0.717, 1.165) is 5.57 Å². The fourth-order valence-corrected chi connectivity index (χ4v) is 2.91. The summed E-state index contributed by atoms with van der Waals surface area (Å²) < 4.78 is 0. The number of amides is 2. The highest BCUT2D eigenvalue weighted by Crippen LogP contribution is 2.30. The molecule has 7 nitrogen and oxygen atoms in total. The van der Waals surface area contributed by atoms with Gasteiger partial charge in [0.05, 0.1) is 10.6 Å². The molecule has 2 amide bonds. The highest BCUT2D eigenvalue weighted by molar-refractivity contribution is 6.14. The smallest absolute Gasteiger partial charge is 0.277 e. The van der Waals surface area contributed by atoms with Crippen LogP contribution in [0.2, 0.25) is 0 Å². The summed E-state index contributed by atoms with van der Waals surface area (Å²) in [6, 6.07) is 4.26. The number of carbonyl (C=O) groups is 2. The Balaban J connectivity index is 1.91. The number of rotatable bonds is 2. The van der Waals surface area contributed by atoms with Crippen molar-refractivity contribution < 1.29 is 14.5 Å². The molecule has 1 N–H and O–H groups in total. The fraction of sp³-hybridized carbons (Fsp3) is 0.211. The van der Waals surface area contributed by atoms with Crippen LogP contribution in [0.4, 0.5) is 5.69 Å². The molecule has 0 bridgehead atoms. The van der Waals surface area contributed by atoms with Crippen LogP contribution in [0.1, 0.15) is 29.8 Å². The van der Waals surface area contributed by atoms with E-state index in [9.17, 15) is 19.7 Å². The lowest BCUT2D eigenvalue weighted by atomic mass is 9.85. The second-order valence-corrected chi connectivity index (χ2v) is 6.30. The largest absolute Gasteiger partial charge is 0.325 e. The van der Waals surface area contributed by atoms with Gasteiger partial charge >= 0.3 is 0 Å². The van der Waals surface area contributed by atoms with Gasteiger partial charge in [0.25, 0.3) is 17.5 Å². The Morgan fingerprint density at radius 3 is 2.69 bits per heavy atom. The summed E-state index contributed by atoms with van der Waals surface area (Å²) in [6.07, 6.45) is 5.24. The Bertz CT molecular complexity index is 967. The van der Waals surface area contributed by atoms with Crippen molar-refractivity contribution in [2.24, 2.45) is 10.9 Å². The monoisotopic (exact) mass is 351 g/mol. The predicted octanol–water partition coefficient (Wildman–Crippen LogP) is 3.02. The van der Waals surface area contributed by atoms with E-state index in [1.54, 1.807) is 26.0 Å². The van der Waals surface area contributed by atoms with E-state index in [4.69, 9.17) is 0 Å². The zero-order chi connectivity index (χ0) is 19.0. The Kier molecular flexibility index (Phi) is 4.38. The van der Waals surface area contributed by atoms with Gasteiger partial charge in [-0.25, -0.2) is 4.99 Å². The standard InChI is InChI=1S/C19H17N3O4/c1-10-4-5-13(8-17(10)22(25)26)19(24)20-14-6-7-15-11(2)12(3)18(23)21-16(15)9-14/h4-9,15H,1-3H3,(H,21,23). The zero-order valence-electron chi connectivity index (χ0n) is 14.6. The molecule has 2 aliphatic rings. The summed E-state index contributed by atoms with van der Waals surface area (Å²) in [7, 11) is 0. The highest BCUT2D eigenvalue weighted by atomic mass is 16.6. The van der Waals surface area contributed by atoms with Gasteiger partial charge in [-0.05, 0) is 39.0 Å². The molecule has 1 heterocycles. The molecular weight excluding hydrogens is 334 g/mol. The van der Waals surface area contributed by atoms with Crippen LogP contribution in [0, 0.1) is 23.0 Å². The number of aryl methyl sites for hydroxylation is 1. The Morgan fingerprint density at radius 1 is 1.27 bits per heavy atom. The van der Waals surface area contributed by atoms with Gasteiger partial charge in [-0.2, -0.15) is 0 Å². The van der Waals surface area contributed by atoms with Crippen molar-refractivity contribution in [2.45, 2.75) is 20.8 Å². The maximum Gasteiger partial charge on any atom is 0.277 e. The number of nitrogens with one attached hydrogen (secondary N) is 1. The van der Waals surface area contributed by atoms with Gasteiger partial charge in [-0.15, -0.1) is 0 Å². The first-order chi connectivity index (χ1) is 12.3. The van der Waals surface area contributed by atoms with E-state index in [1.807, 2.05) is 13.0 Å². The summed E-state index contributed by atoms with van der Waals surface area (Å²) in [4.78, 5) is 38.8. The number of benzene rings is 1. The molecule has 132 valence electrons. The fourth-order valence-electron chi connectivity index (χ4n) is 2.91. The van der Waals surface area contributed by atoms with Crippen LogP contribution < -0.4 is 5.32 Å². The molecule has 0 aromatic heterocycles. The number of hydrogen-bond acceptors (Lipinski definition) is 4. The lowest BCUT2D eigenvalue weighted by Gasteiger charge is -2.28. The number of allylic oxidation sites excluding steroid dienone is 3. The Morgan fingerprint density at radius 2 is 2.00 bits per heavy atom. The normalized spacial score (nSPS) is 20.6. The maximum absolute atomic E-state index is 12.4. The number of aliphatic imine (C=N–C) groups is 1. The number of nitro groups is 1. The van der Waals surface area contributed by atoms with Crippen LogP contribution in [0.3, 0.4) is 0 Å². The molecule has 1 aliphatic heterocycles. The molecule has 0 saturated carbocycles. The number of fused-ring (bicyclic) bond motifs is 1. The third-order valence-electron chi connectivity index (χ3n) is 4.64. The molecule has 0 saturated heterocycles. The molecule has 1 aliphatic carbocycles. The number of nitro benzene ring substituents is 1. The van der Waals surface area contributed by atoms with Crippen molar-refractivity contribution >= 4 is 23.2 Å². The van der Waals surface area contributed by atoms with Gasteiger partial charge in [0.2, 0.25) is 0 Å². The average Bonchev–Trinajstić information content (AvgIpc) is 2.59. The van der Waals surface area contributed by atoms with Gasteiger partial charge in [-0.1, -0.05) is 17.7 Å². The number of carbonyl (C=O) groups excluding carboxylic acids is 2. The molecule has 0 spiro atoms. The van der Waals surface area contributed by atoms with Gasteiger partial charge in [0, 0.05) is 34.4 Å². The minimum absolute atomic E-state index is 0.0396. The maximum atomic E-state index is 12.4. The third-order valence-corrected chi connectivity index (χ3v) is 4.64. The van der Waals surface area contributed by atoms with Crippen molar-refractivity contribution in [3.8, 4) is 0 Å². The van der Waals surface area contributed by atoms with Crippen molar-refractivity contribution in [3.05, 3.63) is 74.5 Å². The molecule has 1 aromatic rings. The molecule has 7 heteroatoms. The summed E-state index contributed by atoms with van der Waals surface area (Å²) in [5.74, 6) is -0.781. The van der Waals surface area contributed by atoms with Crippen molar-refractivity contribution in [2.75, 3.05) is 0 Å². The second kappa shape index (κ2) is 6.51. The van der Waals surface area contributed by atoms with Crippen molar-refractivity contribution in [1.29, 1.82) is 0 Å². The van der Waals surface area contributed by atoms with E-state index in [-0.39, 0.29) is 23.1 Å². The lowest BCUT2D eigenvalue weighted by molar-refractivity contribution is -0.385. The van der Waals surface area contributed by atoms with E-state index in [0.29, 0.717) is 22.5 Å². The minimum atomic E-state index is -0.575. The number of nitrogens with zero attached hydrogens (tertiary/aromatic N) is 2. The molecule has 0 fully saturated rings. The van der Waals surface area contributed by atoms with E-state index >= 15 is 0 Å². The third kappa shape index (κ3) is 3.11. The van der Waals surface area contributed by atoms with E-state index < -0.39 is 10.8 Å². The molecule has 1 unspecified atom stereocenters. The first kappa shape index (κ1) is 17.5. The van der Waals surface area contributed by atoms with E-state index in [1.165, 1.54) is 18.2 Å². The Hall–Kier alpha value is -3.35. The molecule has 1 atom stereocenters. The average molecular weight is 351 g/mol. The SMILES string of the molecule is CC1=C(C)C2C=CC(=NC(=O)c3ccc(C)c([N+](=O)[O-])c3)C=C2NC1=O. The summed E-state index contributed by atoms with van der Waals surface area (Å²) in [5.41, 5.74) is 3.19. The molecular formula is C19H17N3O4. The first-order valence-electron chi connectivity index (χ1n) is 8.04. The zero-order valence-corrected chi connectivity index (χ0v) is 14.6. The highest BCUT2D eigenvalue weighted by Gasteiger charge is 2.27. The van der Waals surface area contributed by atoms with Gasteiger partial charge in [0.15, 0.2) is 0 Å². The van der Waals surface area contributed by atoms with Crippen molar-refractivity contribution in [1.82, 2.24) is 5.32 Å².